The second-order valence-electron chi connectivity index (χ2n) is 6.57. The van der Waals surface area contributed by atoms with E-state index < -0.39 is 12.6 Å². The molecule has 0 saturated heterocycles. The molecule has 0 amide bonds. The monoisotopic (exact) mass is 305 g/mol. The number of halogens is 3. The van der Waals surface area contributed by atoms with E-state index in [4.69, 9.17) is 10.3 Å². The molecule has 2 N–H and O–H groups in total. The van der Waals surface area contributed by atoms with Gasteiger partial charge < -0.3 is 10.3 Å². The summed E-state index contributed by atoms with van der Waals surface area (Å²) in [6.45, 7) is 6.29. The maximum atomic E-state index is 12.2. The van der Waals surface area contributed by atoms with Crippen molar-refractivity contribution in [3.63, 3.8) is 0 Å². The van der Waals surface area contributed by atoms with E-state index in [1.807, 2.05) is 0 Å². The quantitative estimate of drug-likeness (QED) is 0.929. The van der Waals surface area contributed by atoms with Crippen LogP contribution in [0.2, 0.25) is 0 Å². The summed E-state index contributed by atoms with van der Waals surface area (Å²) < 4.78 is 41.9. The lowest BCUT2D eigenvalue weighted by Gasteiger charge is -2.45. The fraction of sp³-hybridized carbons (Fsp3) is 0.857. The number of rotatable bonds is 3. The van der Waals surface area contributed by atoms with Crippen LogP contribution in [0.25, 0.3) is 0 Å². The van der Waals surface area contributed by atoms with Gasteiger partial charge in [-0.3, -0.25) is 0 Å². The molecule has 0 bridgehead atoms. The molecular formula is C14H22F3N3O. The number of aryl methyl sites for hydroxylation is 1. The van der Waals surface area contributed by atoms with Gasteiger partial charge in [-0.05, 0) is 24.2 Å². The summed E-state index contributed by atoms with van der Waals surface area (Å²) in [6.07, 6.45) is -3.70. The minimum atomic E-state index is -4.20. The Morgan fingerprint density at radius 3 is 2.62 bits per heavy atom. The molecule has 1 aromatic rings. The Morgan fingerprint density at radius 1 is 1.33 bits per heavy atom. The average molecular weight is 305 g/mol. The van der Waals surface area contributed by atoms with Crippen LogP contribution in [-0.4, -0.2) is 22.4 Å². The normalized spacial score (nSPS) is 29.6. The van der Waals surface area contributed by atoms with Crippen molar-refractivity contribution in [2.75, 3.05) is 0 Å². The third-order valence-corrected chi connectivity index (χ3v) is 4.92. The zero-order chi connectivity index (χ0) is 15.8. The smallest absolute Gasteiger partial charge is 0.339 e. The van der Waals surface area contributed by atoms with Crippen LogP contribution in [0, 0.1) is 11.3 Å². The minimum absolute atomic E-state index is 0.0411. The van der Waals surface area contributed by atoms with Gasteiger partial charge in [0.2, 0.25) is 5.89 Å². The number of hydrogen-bond donors (Lipinski definition) is 1. The topological polar surface area (TPSA) is 64.9 Å². The summed E-state index contributed by atoms with van der Waals surface area (Å²) in [4.78, 5) is 4.17. The summed E-state index contributed by atoms with van der Waals surface area (Å²) in [5, 5.41) is 3.69. The van der Waals surface area contributed by atoms with Crippen LogP contribution in [0.15, 0.2) is 4.52 Å². The van der Waals surface area contributed by atoms with Gasteiger partial charge in [-0.25, -0.2) is 0 Å². The molecule has 3 atom stereocenters. The predicted molar refractivity (Wildman–Crippen MR) is 71.6 cm³/mol. The maximum Gasteiger partial charge on any atom is 0.389 e. The lowest BCUT2D eigenvalue weighted by molar-refractivity contribution is -0.134. The van der Waals surface area contributed by atoms with E-state index in [0.29, 0.717) is 5.89 Å². The molecule has 1 aliphatic carbocycles. The number of nitrogens with zero attached hydrogens (tertiary/aromatic N) is 2. The van der Waals surface area contributed by atoms with Crippen LogP contribution in [0.3, 0.4) is 0 Å². The lowest BCUT2D eigenvalue weighted by atomic mass is 9.61. The molecule has 0 spiro atoms. The van der Waals surface area contributed by atoms with Gasteiger partial charge in [0.1, 0.15) is 0 Å². The second kappa shape index (κ2) is 5.59. The average Bonchev–Trinajstić information content (AvgIpc) is 2.81. The first kappa shape index (κ1) is 16.3. The molecule has 7 heteroatoms. The first-order chi connectivity index (χ1) is 9.61. The Bertz CT molecular complexity index is 484. The van der Waals surface area contributed by atoms with Crippen molar-refractivity contribution >= 4 is 0 Å². The van der Waals surface area contributed by atoms with Crippen LogP contribution < -0.4 is 5.73 Å². The van der Waals surface area contributed by atoms with Crippen LogP contribution in [0.4, 0.5) is 13.2 Å². The molecule has 120 valence electrons. The molecule has 1 fully saturated rings. The van der Waals surface area contributed by atoms with Crippen molar-refractivity contribution in [1.29, 1.82) is 0 Å². The zero-order valence-electron chi connectivity index (χ0n) is 12.6. The molecule has 3 unspecified atom stereocenters. The lowest BCUT2D eigenvalue weighted by Crippen LogP contribution is -2.45. The highest BCUT2D eigenvalue weighted by Gasteiger charge is 2.44. The van der Waals surface area contributed by atoms with E-state index in [9.17, 15) is 13.2 Å². The van der Waals surface area contributed by atoms with Gasteiger partial charge in [0, 0.05) is 18.4 Å². The highest BCUT2D eigenvalue weighted by atomic mass is 19.4. The Balaban J connectivity index is 2.10. The maximum absolute atomic E-state index is 12.2. The molecule has 0 aromatic carbocycles. The van der Waals surface area contributed by atoms with Gasteiger partial charge in [-0.1, -0.05) is 25.9 Å². The van der Waals surface area contributed by atoms with E-state index in [2.05, 4.69) is 30.9 Å². The third kappa shape index (κ3) is 3.56. The number of nitrogens with two attached hydrogens (primary N) is 1. The van der Waals surface area contributed by atoms with E-state index in [1.54, 1.807) is 0 Å². The van der Waals surface area contributed by atoms with Crippen LogP contribution >= 0.6 is 0 Å². The van der Waals surface area contributed by atoms with E-state index in [0.717, 1.165) is 12.8 Å². The first-order valence-corrected chi connectivity index (χ1v) is 7.26. The first-order valence-electron chi connectivity index (χ1n) is 7.26. The molecule has 1 saturated carbocycles. The summed E-state index contributed by atoms with van der Waals surface area (Å²) in [5.74, 6) is 0.887. The second-order valence-corrected chi connectivity index (χ2v) is 6.57. The number of alkyl halides is 3. The Kier molecular flexibility index (Phi) is 4.33. The molecule has 1 heterocycles. The molecule has 0 aliphatic heterocycles. The Labute approximate surface area is 122 Å². The van der Waals surface area contributed by atoms with Gasteiger partial charge in [-0.2, -0.15) is 18.2 Å². The van der Waals surface area contributed by atoms with Gasteiger partial charge in [0.15, 0.2) is 5.82 Å². The molecule has 21 heavy (non-hydrogen) atoms. The number of aromatic nitrogens is 2. The van der Waals surface area contributed by atoms with Crippen molar-refractivity contribution in [3.05, 3.63) is 11.7 Å². The molecule has 1 aromatic heterocycles. The van der Waals surface area contributed by atoms with Gasteiger partial charge in [0.05, 0.1) is 6.42 Å². The van der Waals surface area contributed by atoms with Crippen molar-refractivity contribution in [1.82, 2.24) is 10.1 Å². The molecule has 1 aliphatic rings. The number of hydrogen-bond acceptors (Lipinski definition) is 4. The van der Waals surface area contributed by atoms with Crippen molar-refractivity contribution in [2.45, 2.75) is 64.6 Å². The molecule has 0 radical (unpaired) electrons. The fourth-order valence-electron chi connectivity index (χ4n) is 3.06. The van der Waals surface area contributed by atoms with Crippen molar-refractivity contribution < 1.29 is 17.7 Å². The highest BCUT2D eigenvalue weighted by molar-refractivity contribution is 5.06. The summed E-state index contributed by atoms with van der Waals surface area (Å²) >= 11 is 0. The highest BCUT2D eigenvalue weighted by Crippen LogP contribution is 2.49. The molecular weight excluding hydrogens is 283 g/mol. The van der Waals surface area contributed by atoms with Gasteiger partial charge in [0.25, 0.3) is 0 Å². The SMILES string of the molecule is CC1C(N)CCC(c2nc(CCC(F)(F)F)no2)C1(C)C. The van der Waals surface area contributed by atoms with Crippen LogP contribution in [0.1, 0.15) is 57.7 Å². The largest absolute Gasteiger partial charge is 0.389 e. The van der Waals surface area contributed by atoms with Crippen LogP contribution in [-0.2, 0) is 6.42 Å². The Hall–Kier alpha value is -1.11. The van der Waals surface area contributed by atoms with Crippen molar-refractivity contribution in [3.8, 4) is 0 Å². The predicted octanol–water partition coefficient (Wildman–Crippen LogP) is 3.43. The van der Waals surface area contributed by atoms with E-state index in [1.165, 1.54) is 0 Å². The summed E-state index contributed by atoms with van der Waals surface area (Å²) in [6, 6.07) is 0.129. The summed E-state index contributed by atoms with van der Waals surface area (Å²) in [7, 11) is 0. The minimum Gasteiger partial charge on any atom is -0.339 e. The van der Waals surface area contributed by atoms with Crippen LogP contribution in [0.5, 0.6) is 0 Å². The standard InChI is InChI=1S/C14H22F3N3O/c1-8-10(18)5-4-9(13(8,2)3)12-19-11(20-21-12)6-7-14(15,16)17/h8-10H,4-7,18H2,1-3H3. The van der Waals surface area contributed by atoms with E-state index in [-0.39, 0.29) is 35.5 Å². The molecule has 2 rings (SSSR count). The fourth-order valence-corrected chi connectivity index (χ4v) is 3.06. The van der Waals surface area contributed by atoms with Gasteiger partial charge >= 0.3 is 6.18 Å². The molecule has 4 nitrogen and oxygen atoms in total. The third-order valence-electron chi connectivity index (χ3n) is 4.92. The van der Waals surface area contributed by atoms with E-state index >= 15 is 0 Å². The van der Waals surface area contributed by atoms with Crippen molar-refractivity contribution in [2.24, 2.45) is 17.1 Å². The van der Waals surface area contributed by atoms with Gasteiger partial charge in [-0.15, -0.1) is 0 Å². The summed E-state index contributed by atoms with van der Waals surface area (Å²) in [5.41, 5.74) is 5.98. The Morgan fingerprint density at radius 2 is 2.00 bits per heavy atom. The zero-order valence-corrected chi connectivity index (χ0v) is 12.6.